The van der Waals surface area contributed by atoms with Crippen molar-refractivity contribution in [1.82, 2.24) is 15.6 Å². The first-order chi connectivity index (χ1) is 11.0. The van der Waals surface area contributed by atoms with Gasteiger partial charge in [0, 0.05) is 4.88 Å². The van der Waals surface area contributed by atoms with Crippen LogP contribution in [0, 0.1) is 13.8 Å². The Balaban J connectivity index is 1.92. The summed E-state index contributed by atoms with van der Waals surface area (Å²) in [4.78, 5) is 17.4. The Morgan fingerprint density at radius 1 is 1.30 bits per heavy atom. The van der Waals surface area contributed by atoms with Gasteiger partial charge in [0.05, 0.1) is 29.9 Å². The first-order valence-electron chi connectivity index (χ1n) is 7.70. The van der Waals surface area contributed by atoms with E-state index in [2.05, 4.69) is 22.5 Å². The third kappa shape index (κ3) is 4.77. The number of nitrogens with one attached hydrogen (secondary N) is 2. The standard InChI is InChI=1S/C17H23N3O2S/c1-4-13-5-7-14(8-6-13)15(10-21)20-17(22)18-9-16-11(2)19-12(3)23-16/h5-8,15,21H,4,9-10H2,1-3H3,(H2,18,20,22). The van der Waals surface area contributed by atoms with Crippen LogP contribution < -0.4 is 10.6 Å². The van der Waals surface area contributed by atoms with Crippen LogP contribution in [0.15, 0.2) is 24.3 Å². The molecule has 0 fully saturated rings. The zero-order chi connectivity index (χ0) is 16.8. The SMILES string of the molecule is CCc1ccc(C(CO)NC(=O)NCc2sc(C)nc2C)cc1. The maximum atomic E-state index is 12.1. The number of amides is 2. The molecule has 0 aliphatic rings. The van der Waals surface area contributed by atoms with E-state index in [-0.39, 0.29) is 12.6 Å². The Morgan fingerprint density at radius 3 is 2.52 bits per heavy atom. The highest BCUT2D eigenvalue weighted by atomic mass is 32.1. The summed E-state index contributed by atoms with van der Waals surface area (Å²) in [6.45, 7) is 6.27. The van der Waals surface area contributed by atoms with E-state index in [4.69, 9.17) is 0 Å². The first kappa shape index (κ1) is 17.4. The van der Waals surface area contributed by atoms with Gasteiger partial charge in [-0.25, -0.2) is 9.78 Å². The molecule has 124 valence electrons. The van der Waals surface area contributed by atoms with Crippen LogP contribution in [-0.4, -0.2) is 22.7 Å². The lowest BCUT2D eigenvalue weighted by Gasteiger charge is -2.17. The number of urea groups is 1. The topological polar surface area (TPSA) is 74.2 Å². The van der Waals surface area contributed by atoms with E-state index in [0.717, 1.165) is 27.6 Å². The minimum Gasteiger partial charge on any atom is -0.394 e. The number of carbonyl (C=O) groups is 1. The predicted molar refractivity (Wildman–Crippen MR) is 92.6 cm³/mol. The van der Waals surface area contributed by atoms with E-state index < -0.39 is 6.04 Å². The van der Waals surface area contributed by atoms with Crippen LogP contribution in [0.25, 0.3) is 0 Å². The van der Waals surface area contributed by atoms with Gasteiger partial charge in [-0.05, 0) is 31.4 Å². The summed E-state index contributed by atoms with van der Waals surface area (Å²) in [5, 5.41) is 16.1. The fraction of sp³-hybridized carbons (Fsp3) is 0.412. The van der Waals surface area contributed by atoms with Crippen molar-refractivity contribution in [2.45, 2.75) is 39.8 Å². The predicted octanol–water partition coefficient (Wildman–Crippen LogP) is 2.86. The number of aliphatic hydroxyl groups excluding tert-OH is 1. The number of thiazole rings is 1. The van der Waals surface area contributed by atoms with Gasteiger partial charge < -0.3 is 15.7 Å². The van der Waals surface area contributed by atoms with Crippen LogP contribution in [0.5, 0.6) is 0 Å². The summed E-state index contributed by atoms with van der Waals surface area (Å²) in [5.41, 5.74) is 3.07. The molecule has 1 aromatic heterocycles. The zero-order valence-electron chi connectivity index (χ0n) is 13.7. The van der Waals surface area contributed by atoms with Crippen molar-refractivity contribution in [2.24, 2.45) is 0 Å². The highest BCUT2D eigenvalue weighted by Crippen LogP contribution is 2.17. The summed E-state index contributed by atoms with van der Waals surface area (Å²) in [7, 11) is 0. The third-order valence-electron chi connectivity index (χ3n) is 3.69. The lowest BCUT2D eigenvalue weighted by molar-refractivity contribution is 0.216. The summed E-state index contributed by atoms with van der Waals surface area (Å²) >= 11 is 1.58. The molecule has 6 heteroatoms. The lowest BCUT2D eigenvalue weighted by Crippen LogP contribution is -2.38. The molecular formula is C17H23N3O2S. The maximum absolute atomic E-state index is 12.1. The monoisotopic (exact) mass is 333 g/mol. The fourth-order valence-electron chi connectivity index (χ4n) is 2.33. The van der Waals surface area contributed by atoms with Gasteiger partial charge in [0.15, 0.2) is 0 Å². The van der Waals surface area contributed by atoms with Crippen molar-refractivity contribution in [3.63, 3.8) is 0 Å². The Morgan fingerprint density at radius 2 is 2.00 bits per heavy atom. The molecule has 3 N–H and O–H groups in total. The normalized spacial score (nSPS) is 12.0. The van der Waals surface area contributed by atoms with Crippen LogP contribution in [-0.2, 0) is 13.0 Å². The Bertz CT molecular complexity index is 652. The van der Waals surface area contributed by atoms with Gasteiger partial charge in [0.25, 0.3) is 0 Å². The number of hydrogen-bond acceptors (Lipinski definition) is 4. The van der Waals surface area contributed by atoms with Crippen LogP contribution in [0.4, 0.5) is 4.79 Å². The molecule has 0 saturated heterocycles. The molecule has 1 aromatic carbocycles. The molecule has 23 heavy (non-hydrogen) atoms. The van der Waals surface area contributed by atoms with Crippen molar-refractivity contribution in [1.29, 1.82) is 0 Å². The number of aryl methyl sites for hydroxylation is 3. The second kappa shape index (κ2) is 8.08. The molecule has 1 atom stereocenters. The van der Waals surface area contributed by atoms with Gasteiger partial charge in [0.1, 0.15) is 0 Å². The molecule has 2 amide bonds. The molecule has 0 spiro atoms. The smallest absolute Gasteiger partial charge is 0.315 e. The van der Waals surface area contributed by atoms with Gasteiger partial charge in [-0.1, -0.05) is 31.2 Å². The summed E-state index contributed by atoms with van der Waals surface area (Å²) in [5.74, 6) is 0. The maximum Gasteiger partial charge on any atom is 0.315 e. The Hall–Kier alpha value is -1.92. The van der Waals surface area contributed by atoms with Gasteiger partial charge in [-0.3, -0.25) is 0 Å². The average Bonchev–Trinajstić information content (AvgIpc) is 2.88. The molecule has 0 radical (unpaired) electrons. The van der Waals surface area contributed by atoms with E-state index >= 15 is 0 Å². The molecule has 0 aliphatic heterocycles. The number of nitrogens with zero attached hydrogens (tertiary/aromatic N) is 1. The van der Waals surface area contributed by atoms with E-state index in [1.54, 1.807) is 11.3 Å². The molecular weight excluding hydrogens is 310 g/mol. The largest absolute Gasteiger partial charge is 0.394 e. The Kier molecular flexibility index (Phi) is 6.12. The molecule has 0 aliphatic carbocycles. The highest BCUT2D eigenvalue weighted by molar-refractivity contribution is 7.11. The molecule has 0 bridgehead atoms. The first-order valence-corrected chi connectivity index (χ1v) is 8.52. The summed E-state index contributed by atoms with van der Waals surface area (Å²) in [6, 6.07) is 7.20. The molecule has 1 unspecified atom stereocenters. The van der Waals surface area contributed by atoms with E-state index in [9.17, 15) is 9.90 Å². The number of benzene rings is 1. The molecule has 0 saturated carbocycles. The van der Waals surface area contributed by atoms with Crippen LogP contribution in [0.3, 0.4) is 0 Å². The van der Waals surface area contributed by atoms with Crippen molar-refractivity contribution < 1.29 is 9.90 Å². The third-order valence-corrected chi connectivity index (χ3v) is 4.76. The van der Waals surface area contributed by atoms with E-state index in [0.29, 0.717) is 6.54 Å². The van der Waals surface area contributed by atoms with Crippen molar-refractivity contribution in [2.75, 3.05) is 6.61 Å². The number of hydrogen-bond donors (Lipinski definition) is 3. The lowest BCUT2D eigenvalue weighted by atomic mass is 10.0. The van der Waals surface area contributed by atoms with E-state index in [1.807, 2.05) is 38.1 Å². The minimum absolute atomic E-state index is 0.141. The number of aromatic nitrogens is 1. The second-order valence-electron chi connectivity index (χ2n) is 5.40. The quantitative estimate of drug-likeness (QED) is 0.761. The van der Waals surface area contributed by atoms with Gasteiger partial charge >= 0.3 is 6.03 Å². The minimum atomic E-state index is -0.412. The zero-order valence-corrected chi connectivity index (χ0v) is 14.5. The van der Waals surface area contributed by atoms with Crippen molar-refractivity contribution in [3.05, 3.63) is 51.0 Å². The number of aliphatic hydroxyl groups is 1. The van der Waals surface area contributed by atoms with Gasteiger partial charge in [-0.2, -0.15) is 0 Å². The van der Waals surface area contributed by atoms with Crippen molar-refractivity contribution in [3.8, 4) is 0 Å². The highest BCUT2D eigenvalue weighted by Gasteiger charge is 2.14. The summed E-state index contributed by atoms with van der Waals surface area (Å²) < 4.78 is 0. The van der Waals surface area contributed by atoms with Crippen molar-refractivity contribution >= 4 is 17.4 Å². The van der Waals surface area contributed by atoms with E-state index in [1.165, 1.54) is 5.56 Å². The number of rotatable bonds is 6. The second-order valence-corrected chi connectivity index (χ2v) is 6.69. The summed E-state index contributed by atoms with van der Waals surface area (Å²) in [6.07, 6.45) is 0.964. The fourth-order valence-corrected chi connectivity index (χ4v) is 3.20. The van der Waals surface area contributed by atoms with Crippen LogP contribution >= 0.6 is 11.3 Å². The molecule has 2 rings (SSSR count). The molecule has 2 aromatic rings. The molecule has 5 nitrogen and oxygen atoms in total. The van der Waals surface area contributed by atoms with Crippen LogP contribution in [0.1, 0.15) is 39.7 Å². The van der Waals surface area contributed by atoms with Gasteiger partial charge in [-0.15, -0.1) is 11.3 Å². The Labute approximate surface area is 140 Å². The van der Waals surface area contributed by atoms with Crippen LogP contribution in [0.2, 0.25) is 0 Å². The average molecular weight is 333 g/mol. The molecule has 1 heterocycles. The van der Waals surface area contributed by atoms with Gasteiger partial charge in [0.2, 0.25) is 0 Å². The number of carbonyl (C=O) groups excluding carboxylic acids is 1.